The second-order valence-electron chi connectivity index (χ2n) is 4.81. The molecule has 3 rings (SSSR count). The number of phenolic OH excluding ortho intramolecular Hbond substituents is 2. The SMILES string of the molecule is COc1c(O)c(O)c2c(=O)cc(-c3ccccc3)oc2c1OC. The Morgan fingerprint density at radius 3 is 2.22 bits per heavy atom. The van der Waals surface area contributed by atoms with Crippen molar-refractivity contribution >= 4 is 11.0 Å². The van der Waals surface area contributed by atoms with E-state index >= 15 is 0 Å². The third-order valence-corrected chi connectivity index (χ3v) is 3.50. The fourth-order valence-corrected chi connectivity index (χ4v) is 2.43. The number of methoxy groups -OCH3 is 2. The third kappa shape index (κ3) is 2.24. The largest absolute Gasteiger partial charge is 0.504 e. The number of fused-ring (bicyclic) bond motifs is 1. The Morgan fingerprint density at radius 2 is 1.61 bits per heavy atom. The van der Waals surface area contributed by atoms with E-state index in [4.69, 9.17) is 13.9 Å². The molecular weight excluding hydrogens is 300 g/mol. The van der Waals surface area contributed by atoms with E-state index in [9.17, 15) is 15.0 Å². The summed E-state index contributed by atoms with van der Waals surface area (Å²) in [6.07, 6.45) is 0. The molecule has 0 aliphatic rings. The standard InChI is InChI=1S/C17H14O6/c1-21-16-14(20)13(19)12-10(18)8-11(9-6-4-3-5-7-9)23-15(12)17(16)22-2/h3-8,19-20H,1-2H3. The molecule has 2 aromatic carbocycles. The number of rotatable bonds is 3. The van der Waals surface area contributed by atoms with Crippen LogP contribution in [0, 0.1) is 0 Å². The Bertz CT molecular complexity index is 927. The molecule has 23 heavy (non-hydrogen) atoms. The molecule has 0 aliphatic carbocycles. The van der Waals surface area contributed by atoms with Crippen LogP contribution in [0.25, 0.3) is 22.3 Å². The van der Waals surface area contributed by atoms with E-state index in [1.807, 2.05) is 18.2 Å². The average molecular weight is 314 g/mol. The lowest BCUT2D eigenvalue weighted by atomic mass is 10.1. The van der Waals surface area contributed by atoms with E-state index in [1.54, 1.807) is 12.1 Å². The van der Waals surface area contributed by atoms with Crippen LogP contribution in [0.3, 0.4) is 0 Å². The molecular formula is C17H14O6. The zero-order valence-corrected chi connectivity index (χ0v) is 12.5. The highest BCUT2D eigenvalue weighted by molar-refractivity contribution is 5.95. The molecule has 6 nitrogen and oxygen atoms in total. The van der Waals surface area contributed by atoms with Crippen LogP contribution in [0.1, 0.15) is 0 Å². The predicted molar refractivity (Wildman–Crippen MR) is 84.4 cm³/mol. The summed E-state index contributed by atoms with van der Waals surface area (Å²) >= 11 is 0. The molecule has 1 aromatic heterocycles. The topological polar surface area (TPSA) is 89.1 Å². The molecule has 0 saturated carbocycles. The predicted octanol–water partition coefficient (Wildman–Crippen LogP) is 2.89. The monoisotopic (exact) mass is 314 g/mol. The van der Waals surface area contributed by atoms with Crippen molar-refractivity contribution in [2.24, 2.45) is 0 Å². The van der Waals surface area contributed by atoms with Crippen molar-refractivity contribution in [2.75, 3.05) is 14.2 Å². The summed E-state index contributed by atoms with van der Waals surface area (Å²) < 4.78 is 16.0. The molecule has 0 fully saturated rings. The van der Waals surface area contributed by atoms with Crippen LogP contribution >= 0.6 is 0 Å². The minimum Gasteiger partial charge on any atom is -0.504 e. The highest BCUT2D eigenvalue weighted by Crippen LogP contribution is 2.49. The van der Waals surface area contributed by atoms with Gasteiger partial charge in [-0.3, -0.25) is 4.79 Å². The van der Waals surface area contributed by atoms with Gasteiger partial charge in [-0.1, -0.05) is 30.3 Å². The van der Waals surface area contributed by atoms with Gasteiger partial charge >= 0.3 is 0 Å². The van der Waals surface area contributed by atoms with E-state index < -0.39 is 16.9 Å². The Labute approximate surface area is 131 Å². The highest BCUT2D eigenvalue weighted by Gasteiger charge is 2.25. The maximum absolute atomic E-state index is 12.4. The lowest BCUT2D eigenvalue weighted by Gasteiger charge is -2.13. The minimum absolute atomic E-state index is 0.00556. The number of aromatic hydroxyl groups is 2. The van der Waals surface area contributed by atoms with Gasteiger partial charge in [0.2, 0.25) is 17.2 Å². The van der Waals surface area contributed by atoms with Crippen LogP contribution in [0.15, 0.2) is 45.6 Å². The quantitative estimate of drug-likeness (QED) is 0.723. The molecule has 0 unspecified atom stereocenters. The summed E-state index contributed by atoms with van der Waals surface area (Å²) in [6, 6.07) is 10.3. The summed E-state index contributed by atoms with van der Waals surface area (Å²) in [5.74, 6) is -0.935. The first kappa shape index (κ1) is 14.8. The van der Waals surface area contributed by atoms with Crippen LogP contribution < -0.4 is 14.9 Å². The zero-order valence-electron chi connectivity index (χ0n) is 12.5. The van der Waals surface area contributed by atoms with Crippen LogP contribution in [-0.4, -0.2) is 24.4 Å². The Kier molecular flexibility index (Phi) is 3.57. The first-order valence-corrected chi connectivity index (χ1v) is 6.77. The van der Waals surface area contributed by atoms with E-state index in [0.717, 1.165) is 0 Å². The van der Waals surface area contributed by atoms with Gasteiger partial charge in [0.15, 0.2) is 16.8 Å². The molecule has 0 bridgehead atoms. The normalized spacial score (nSPS) is 10.7. The van der Waals surface area contributed by atoms with Gasteiger partial charge in [-0.05, 0) is 0 Å². The minimum atomic E-state index is -0.606. The fraction of sp³-hybridized carbons (Fsp3) is 0.118. The number of phenols is 2. The molecule has 0 amide bonds. The molecule has 0 aliphatic heterocycles. The number of ether oxygens (including phenoxy) is 2. The molecule has 6 heteroatoms. The Balaban J connectivity index is 2.44. The molecule has 0 radical (unpaired) electrons. The first-order valence-electron chi connectivity index (χ1n) is 6.77. The lowest BCUT2D eigenvalue weighted by molar-refractivity contribution is 0.321. The van der Waals surface area contributed by atoms with E-state index in [2.05, 4.69) is 0 Å². The van der Waals surface area contributed by atoms with Crippen LogP contribution in [-0.2, 0) is 0 Å². The number of benzene rings is 2. The van der Waals surface area contributed by atoms with Gasteiger partial charge in [-0.2, -0.15) is 0 Å². The maximum Gasteiger partial charge on any atom is 0.211 e. The van der Waals surface area contributed by atoms with Gasteiger partial charge < -0.3 is 24.1 Å². The van der Waals surface area contributed by atoms with Crippen molar-refractivity contribution in [3.8, 4) is 34.3 Å². The molecule has 0 spiro atoms. The third-order valence-electron chi connectivity index (χ3n) is 3.50. The van der Waals surface area contributed by atoms with Crippen molar-refractivity contribution in [3.05, 3.63) is 46.6 Å². The number of hydrogen-bond acceptors (Lipinski definition) is 6. The molecule has 3 aromatic rings. The molecule has 118 valence electrons. The summed E-state index contributed by atoms with van der Waals surface area (Å²) in [5.41, 5.74) is 0.199. The number of hydrogen-bond donors (Lipinski definition) is 2. The van der Waals surface area contributed by atoms with Crippen molar-refractivity contribution in [3.63, 3.8) is 0 Å². The van der Waals surface area contributed by atoms with Crippen molar-refractivity contribution in [2.45, 2.75) is 0 Å². The van der Waals surface area contributed by atoms with Crippen LogP contribution in [0.5, 0.6) is 23.0 Å². The summed E-state index contributed by atoms with van der Waals surface area (Å²) in [5, 5.41) is 19.9. The average Bonchev–Trinajstić information content (AvgIpc) is 2.58. The van der Waals surface area contributed by atoms with Gasteiger partial charge in [-0.25, -0.2) is 0 Å². The van der Waals surface area contributed by atoms with Crippen LogP contribution in [0.4, 0.5) is 0 Å². The highest BCUT2D eigenvalue weighted by atomic mass is 16.5. The van der Waals surface area contributed by atoms with Crippen LogP contribution in [0.2, 0.25) is 0 Å². The molecule has 0 atom stereocenters. The van der Waals surface area contributed by atoms with Gasteiger partial charge in [0.25, 0.3) is 0 Å². The maximum atomic E-state index is 12.4. The van der Waals surface area contributed by atoms with Gasteiger partial charge in [0, 0.05) is 11.6 Å². The summed E-state index contributed by atoms with van der Waals surface area (Å²) in [6.45, 7) is 0. The van der Waals surface area contributed by atoms with E-state index in [1.165, 1.54) is 20.3 Å². The smallest absolute Gasteiger partial charge is 0.211 e. The van der Waals surface area contributed by atoms with E-state index in [-0.39, 0.29) is 22.5 Å². The molecule has 1 heterocycles. The van der Waals surface area contributed by atoms with Gasteiger partial charge in [0.1, 0.15) is 11.1 Å². The Morgan fingerprint density at radius 1 is 0.957 bits per heavy atom. The van der Waals surface area contributed by atoms with Crippen molar-refractivity contribution < 1.29 is 24.1 Å². The lowest BCUT2D eigenvalue weighted by Crippen LogP contribution is -2.03. The Hall–Kier alpha value is -3.15. The van der Waals surface area contributed by atoms with Crippen molar-refractivity contribution in [1.82, 2.24) is 0 Å². The summed E-state index contributed by atoms with van der Waals surface area (Å²) in [7, 11) is 2.66. The fourth-order valence-electron chi connectivity index (χ4n) is 2.43. The second kappa shape index (κ2) is 5.57. The second-order valence-corrected chi connectivity index (χ2v) is 4.81. The van der Waals surface area contributed by atoms with Gasteiger partial charge in [-0.15, -0.1) is 0 Å². The van der Waals surface area contributed by atoms with Crippen molar-refractivity contribution in [1.29, 1.82) is 0 Å². The molecule has 2 N–H and O–H groups in total. The van der Waals surface area contributed by atoms with E-state index in [0.29, 0.717) is 11.3 Å². The first-order chi connectivity index (χ1) is 11.1. The summed E-state index contributed by atoms with van der Waals surface area (Å²) in [4.78, 5) is 12.4. The molecule has 0 saturated heterocycles. The zero-order chi connectivity index (χ0) is 16.6. The van der Waals surface area contributed by atoms with Gasteiger partial charge in [0.05, 0.1) is 14.2 Å².